The number of benzene rings is 2. The Morgan fingerprint density at radius 2 is 1.82 bits per heavy atom. The van der Waals surface area contributed by atoms with Crippen LogP contribution in [-0.2, 0) is 14.8 Å². The topological polar surface area (TPSA) is 146 Å². The zero-order valence-electron chi connectivity index (χ0n) is 22.4. The van der Waals surface area contributed by atoms with E-state index in [0.29, 0.717) is 37.6 Å². The van der Waals surface area contributed by atoms with Crippen LogP contribution in [0, 0.1) is 30.9 Å². The maximum Gasteiger partial charge on any atom is 0.274 e. The number of amides is 1. The number of nitro benzene ring substituents is 1. The number of nitro groups is 1. The fourth-order valence-electron chi connectivity index (χ4n) is 4.23. The van der Waals surface area contributed by atoms with E-state index in [9.17, 15) is 23.3 Å². The minimum Gasteiger partial charge on any atom is -0.437 e. The van der Waals surface area contributed by atoms with Crippen LogP contribution in [-0.4, -0.2) is 66.3 Å². The van der Waals surface area contributed by atoms with Crippen molar-refractivity contribution in [2.75, 3.05) is 26.3 Å². The summed E-state index contributed by atoms with van der Waals surface area (Å²) in [4.78, 5) is 25.5. The number of aromatic nitrogens is 2. The van der Waals surface area contributed by atoms with Crippen LogP contribution in [0.3, 0.4) is 0 Å². The highest BCUT2D eigenvalue weighted by Gasteiger charge is 2.30. The first-order valence-electron chi connectivity index (χ1n) is 12.4. The van der Waals surface area contributed by atoms with Crippen LogP contribution in [0.4, 0.5) is 5.69 Å². The summed E-state index contributed by atoms with van der Waals surface area (Å²) >= 11 is 0. The number of aryl methyl sites for hydroxylation is 1. The highest BCUT2D eigenvalue weighted by Crippen LogP contribution is 2.36. The predicted molar refractivity (Wildman–Crippen MR) is 143 cm³/mol. The Hall–Kier alpha value is -3.81. The number of hydrogen-bond donors (Lipinski definition) is 1. The van der Waals surface area contributed by atoms with E-state index in [1.54, 1.807) is 25.7 Å². The first kappa shape index (κ1) is 28.2. The molecule has 208 valence electrons. The molecule has 0 unspecified atom stereocenters. The second-order valence-corrected chi connectivity index (χ2v) is 11.3. The molecule has 0 atom stereocenters. The number of morpholine rings is 1. The van der Waals surface area contributed by atoms with Gasteiger partial charge in [0, 0.05) is 36.8 Å². The normalized spacial score (nSPS) is 14.1. The van der Waals surface area contributed by atoms with Crippen molar-refractivity contribution < 1.29 is 27.6 Å². The summed E-state index contributed by atoms with van der Waals surface area (Å²) in [5, 5.41) is 16.1. The van der Waals surface area contributed by atoms with Crippen molar-refractivity contribution in [2.24, 2.45) is 0 Å². The van der Waals surface area contributed by atoms with E-state index in [1.807, 2.05) is 32.0 Å². The molecule has 1 fully saturated rings. The molecule has 2 heterocycles. The van der Waals surface area contributed by atoms with E-state index in [2.05, 4.69) is 9.82 Å². The van der Waals surface area contributed by atoms with Gasteiger partial charge < -0.3 is 14.4 Å². The van der Waals surface area contributed by atoms with Crippen LogP contribution in [0.15, 0.2) is 41.3 Å². The lowest BCUT2D eigenvalue weighted by atomic mass is 10.1. The highest BCUT2D eigenvalue weighted by atomic mass is 32.2. The fourth-order valence-corrected chi connectivity index (χ4v) is 5.63. The number of carbonyl (C=O) groups is 1. The molecule has 1 N–H and O–H groups in total. The summed E-state index contributed by atoms with van der Waals surface area (Å²) in [6, 6.07) is 8.48. The molecule has 1 saturated heterocycles. The summed E-state index contributed by atoms with van der Waals surface area (Å²) < 4.78 is 41.8. The molecule has 1 aromatic heterocycles. The second kappa shape index (κ2) is 11.1. The Morgan fingerprint density at radius 3 is 2.46 bits per heavy atom. The average Bonchev–Trinajstić information content (AvgIpc) is 3.20. The largest absolute Gasteiger partial charge is 0.437 e. The molecule has 0 spiro atoms. The molecule has 2 aromatic carbocycles. The van der Waals surface area contributed by atoms with E-state index >= 15 is 0 Å². The minimum atomic E-state index is -4.20. The van der Waals surface area contributed by atoms with Crippen LogP contribution in [0.5, 0.6) is 11.6 Å². The molecule has 3 aromatic rings. The van der Waals surface area contributed by atoms with E-state index in [4.69, 9.17) is 9.47 Å². The number of non-ortho nitro benzene ring substituents is 1. The number of hydrogen-bond acceptors (Lipinski definition) is 8. The maximum absolute atomic E-state index is 13.4. The van der Waals surface area contributed by atoms with Gasteiger partial charge in [-0.3, -0.25) is 14.9 Å². The smallest absolute Gasteiger partial charge is 0.274 e. The standard InChI is InChI=1S/C26H31N5O7S/c1-16(2)28-39(35,36)23-15-20(31(33)34)9-10-22(23)38-26-19(5)24(25(32)29-11-13-37-14-12-29)27-30(26)21-8-6-7-17(3)18(21)4/h6-10,15-16,28H,11-14H2,1-5H3. The van der Waals surface area contributed by atoms with Gasteiger partial charge in [0.15, 0.2) is 5.69 Å². The fraction of sp³-hybridized carbons (Fsp3) is 0.385. The summed E-state index contributed by atoms with van der Waals surface area (Å²) in [7, 11) is -4.20. The lowest BCUT2D eigenvalue weighted by Crippen LogP contribution is -2.41. The molecule has 1 aliphatic heterocycles. The number of rotatable bonds is 8. The first-order valence-corrected chi connectivity index (χ1v) is 13.9. The quantitative estimate of drug-likeness (QED) is 0.326. The SMILES string of the molecule is Cc1cccc(-n2nc(C(=O)N3CCOCC3)c(C)c2Oc2ccc([N+](=O)[O-])cc2S(=O)(=O)NC(C)C)c1C. The van der Waals surface area contributed by atoms with Crippen LogP contribution in [0.25, 0.3) is 5.69 Å². The third-order valence-corrected chi connectivity index (χ3v) is 8.08. The number of sulfonamides is 1. The lowest BCUT2D eigenvalue weighted by molar-refractivity contribution is -0.385. The minimum absolute atomic E-state index is 0.121. The third-order valence-electron chi connectivity index (χ3n) is 6.40. The average molecular weight is 558 g/mol. The van der Waals surface area contributed by atoms with Gasteiger partial charge in [0.25, 0.3) is 11.6 Å². The Kier molecular flexibility index (Phi) is 8.04. The molecule has 0 bridgehead atoms. The van der Waals surface area contributed by atoms with Crippen molar-refractivity contribution in [1.82, 2.24) is 19.4 Å². The molecular formula is C26H31N5O7S. The van der Waals surface area contributed by atoms with Crippen molar-refractivity contribution in [1.29, 1.82) is 0 Å². The van der Waals surface area contributed by atoms with Crippen molar-refractivity contribution in [2.45, 2.75) is 45.6 Å². The summed E-state index contributed by atoms with van der Waals surface area (Å²) in [6.07, 6.45) is 0. The molecule has 1 aliphatic rings. The number of ether oxygens (including phenoxy) is 2. The van der Waals surface area contributed by atoms with Gasteiger partial charge in [-0.05, 0) is 57.9 Å². The zero-order chi connectivity index (χ0) is 28.5. The van der Waals surface area contributed by atoms with Crippen molar-refractivity contribution in [3.8, 4) is 17.3 Å². The molecule has 0 radical (unpaired) electrons. The van der Waals surface area contributed by atoms with E-state index in [0.717, 1.165) is 23.3 Å². The predicted octanol–water partition coefficient (Wildman–Crippen LogP) is 3.66. The van der Waals surface area contributed by atoms with Crippen LogP contribution in [0.1, 0.15) is 41.0 Å². The highest BCUT2D eigenvalue weighted by molar-refractivity contribution is 7.89. The van der Waals surface area contributed by atoms with Gasteiger partial charge in [-0.15, -0.1) is 0 Å². The Morgan fingerprint density at radius 1 is 1.13 bits per heavy atom. The molecule has 0 aliphatic carbocycles. The monoisotopic (exact) mass is 557 g/mol. The molecular weight excluding hydrogens is 526 g/mol. The summed E-state index contributed by atoms with van der Waals surface area (Å²) in [5.74, 6) is -0.327. The number of nitrogens with one attached hydrogen (secondary N) is 1. The molecule has 4 rings (SSSR count). The summed E-state index contributed by atoms with van der Waals surface area (Å²) in [6.45, 7) is 10.4. The van der Waals surface area contributed by atoms with Gasteiger partial charge in [-0.1, -0.05) is 12.1 Å². The van der Waals surface area contributed by atoms with Gasteiger partial charge in [0.05, 0.1) is 23.8 Å². The van der Waals surface area contributed by atoms with Crippen molar-refractivity contribution in [3.63, 3.8) is 0 Å². The number of carbonyl (C=O) groups excluding carboxylic acids is 1. The summed E-state index contributed by atoms with van der Waals surface area (Å²) in [5.41, 5.74) is 2.64. The maximum atomic E-state index is 13.4. The van der Waals surface area contributed by atoms with E-state index < -0.39 is 31.6 Å². The second-order valence-electron chi connectivity index (χ2n) is 9.58. The van der Waals surface area contributed by atoms with Crippen LogP contribution >= 0.6 is 0 Å². The van der Waals surface area contributed by atoms with Gasteiger partial charge in [0.1, 0.15) is 10.6 Å². The molecule has 13 heteroatoms. The number of nitrogens with zero attached hydrogens (tertiary/aromatic N) is 4. The lowest BCUT2D eigenvalue weighted by Gasteiger charge is -2.26. The van der Waals surface area contributed by atoms with E-state index in [-0.39, 0.29) is 23.2 Å². The van der Waals surface area contributed by atoms with Gasteiger partial charge in [-0.2, -0.15) is 9.78 Å². The molecule has 39 heavy (non-hydrogen) atoms. The molecule has 0 saturated carbocycles. The van der Waals surface area contributed by atoms with Crippen molar-refractivity contribution >= 4 is 21.6 Å². The van der Waals surface area contributed by atoms with Crippen molar-refractivity contribution in [3.05, 3.63) is 68.9 Å². The molecule has 12 nitrogen and oxygen atoms in total. The molecule has 1 amide bonds. The zero-order valence-corrected chi connectivity index (χ0v) is 23.2. The van der Waals surface area contributed by atoms with E-state index in [1.165, 1.54) is 10.7 Å². The Balaban J connectivity index is 1.90. The Bertz CT molecular complexity index is 1530. The van der Waals surface area contributed by atoms with Gasteiger partial charge in [0.2, 0.25) is 15.9 Å². The van der Waals surface area contributed by atoms with Gasteiger partial charge in [-0.25, -0.2) is 13.1 Å². The van der Waals surface area contributed by atoms with Crippen LogP contribution < -0.4 is 9.46 Å². The van der Waals surface area contributed by atoms with Gasteiger partial charge >= 0.3 is 0 Å². The third kappa shape index (κ3) is 5.79. The van der Waals surface area contributed by atoms with Crippen LogP contribution in [0.2, 0.25) is 0 Å². The first-order chi connectivity index (χ1) is 18.4. The Labute approximate surface area is 226 Å².